The third-order valence-electron chi connectivity index (χ3n) is 4.70. The van der Waals surface area contributed by atoms with Gasteiger partial charge in [0, 0.05) is 17.8 Å². The Labute approximate surface area is 156 Å². The molecule has 0 aliphatic carbocycles. The third kappa shape index (κ3) is 3.12. The molecule has 0 N–H and O–H groups in total. The van der Waals surface area contributed by atoms with Crippen LogP contribution >= 0.6 is 11.6 Å². The number of likely N-dealkylation sites (tertiary alicyclic amines) is 1. The van der Waals surface area contributed by atoms with Gasteiger partial charge in [-0.15, -0.1) is 10.2 Å². The molecule has 2 aromatic heterocycles. The maximum Gasteiger partial charge on any atom is 0.261 e. The van der Waals surface area contributed by atoms with Crippen LogP contribution in [-0.4, -0.2) is 38.6 Å². The zero-order chi connectivity index (χ0) is 18.1. The first-order valence-corrected chi connectivity index (χ1v) is 8.99. The average molecular weight is 371 g/mol. The normalized spacial score (nSPS) is 17.0. The molecule has 1 fully saturated rings. The summed E-state index contributed by atoms with van der Waals surface area (Å²) in [4.78, 5) is 14.6. The molecule has 3 aromatic rings. The fraction of sp³-hybridized carbons (Fsp3) is 0.316. The van der Waals surface area contributed by atoms with Crippen molar-refractivity contribution in [1.29, 1.82) is 0 Å². The number of rotatable bonds is 4. The topological polar surface area (TPSA) is 59.7 Å². The van der Waals surface area contributed by atoms with E-state index in [2.05, 4.69) is 10.2 Å². The van der Waals surface area contributed by atoms with E-state index in [1.165, 1.54) is 0 Å². The van der Waals surface area contributed by atoms with Crippen LogP contribution in [0.5, 0.6) is 5.75 Å². The van der Waals surface area contributed by atoms with E-state index in [1.807, 2.05) is 46.7 Å². The van der Waals surface area contributed by atoms with Gasteiger partial charge in [0.15, 0.2) is 18.1 Å². The number of amides is 1. The SMILES string of the molecule is Cc1cc(Cl)ccc1OCC(=O)N1CCCC1c1nnc2ccccn12. The molecule has 3 heterocycles. The standard InChI is InChI=1S/C19H19ClN4O2/c1-13-11-14(20)7-8-16(13)26-12-18(25)23-10-4-5-15(23)19-22-21-17-6-2-3-9-24(17)19/h2-3,6-9,11,15H,4-5,10,12H2,1H3. The van der Waals surface area contributed by atoms with Crippen LogP contribution in [0, 0.1) is 6.92 Å². The molecule has 1 amide bonds. The van der Waals surface area contributed by atoms with Crippen LogP contribution in [0.25, 0.3) is 5.65 Å². The van der Waals surface area contributed by atoms with Gasteiger partial charge in [-0.2, -0.15) is 0 Å². The van der Waals surface area contributed by atoms with Gasteiger partial charge >= 0.3 is 0 Å². The van der Waals surface area contributed by atoms with Gasteiger partial charge in [0.25, 0.3) is 5.91 Å². The molecular weight excluding hydrogens is 352 g/mol. The smallest absolute Gasteiger partial charge is 0.261 e. The second kappa shape index (κ2) is 6.96. The van der Waals surface area contributed by atoms with Gasteiger partial charge in [-0.05, 0) is 55.7 Å². The predicted molar refractivity (Wildman–Crippen MR) is 98.4 cm³/mol. The minimum atomic E-state index is -0.0742. The van der Waals surface area contributed by atoms with Gasteiger partial charge in [-0.3, -0.25) is 9.20 Å². The minimum Gasteiger partial charge on any atom is -0.483 e. The number of hydrogen-bond donors (Lipinski definition) is 0. The highest BCUT2D eigenvalue weighted by atomic mass is 35.5. The lowest BCUT2D eigenvalue weighted by Crippen LogP contribution is -2.35. The molecule has 1 unspecified atom stereocenters. The van der Waals surface area contributed by atoms with E-state index < -0.39 is 0 Å². The van der Waals surface area contributed by atoms with Crippen molar-refractivity contribution < 1.29 is 9.53 Å². The molecule has 0 saturated carbocycles. The van der Waals surface area contributed by atoms with Crippen LogP contribution in [0.4, 0.5) is 0 Å². The maximum absolute atomic E-state index is 12.8. The van der Waals surface area contributed by atoms with Crippen molar-refractivity contribution in [2.24, 2.45) is 0 Å². The fourth-order valence-electron chi connectivity index (χ4n) is 3.42. The van der Waals surface area contributed by atoms with Gasteiger partial charge in [-0.25, -0.2) is 0 Å². The minimum absolute atomic E-state index is 0.00426. The van der Waals surface area contributed by atoms with Gasteiger partial charge in [0.1, 0.15) is 5.75 Å². The summed E-state index contributed by atoms with van der Waals surface area (Å²) in [5, 5.41) is 9.17. The van der Waals surface area contributed by atoms with Crippen LogP contribution in [-0.2, 0) is 4.79 Å². The number of hydrogen-bond acceptors (Lipinski definition) is 4. The first-order chi connectivity index (χ1) is 12.6. The van der Waals surface area contributed by atoms with E-state index in [0.29, 0.717) is 17.3 Å². The van der Waals surface area contributed by atoms with Crippen molar-refractivity contribution in [3.05, 3.63) is 59.0 Å². The first-order valence-electron chi connectivity index (χ1n) is 8.61. The Morgan fingerprint density at radius 1 is 1.31 bits per heavy atom. The summed E-state index contributed by atoms with van der Waals surface area (Å²) in [7, 11) is 0. The molecule has 1 aliphatic heterocycles. The van der Waals surface area contributed by atoms with Crippen molar-refractivity contribution in [3.8, 4) is 5.75 Å². The van der Waals surface area contributed by atoms with Gasteiger partial charge in [0.2, 0.25) is 0 Å². The second-order valence-electron chi connectivity index (χ2n) is 6.43. The molecule has 0 spiro atoms. The highest BCUT2D eigenvalue weighted by Gasteiger charge is 2.33. The predicted octanol–water partition coefficient (Wildman–Crippen LogP) is 3.43. The van der Waals surface area contributed by atoms with Gasteiger partial charge < -0.3 is 9.64 Å². The quantitative estimate of drug-likeness (QED) is 0.706. The molecule has 134 valence electrons. The number of pyridine rings is 1. The zero-order valence-electron chi connectivity index (χ0n) is 14.4. The van der Waals surface area contributed by atoms with E-state index in [4.69, 9.17) is 16.3 Å². The number of carbonyl (C=O) groups is 1. The molecule has 1 aliphatic rings. The van der Waals surface area contributed by atoms with Crippen molar-refractivity contribution >= 4 is 23.2 Å². The van der Waals surface area contributed by atoms with E-state index in [1.54, 1.807) is 12.1 Å². The summed E-state index contributed by atoms with van der Waals surface area (Å²) in [6, 6.07) is 11.1. The molecular formula is C19H19ClN4O2. The molecule has 6 nitrogen and oxygen atoms in total. The molecule has 4 rings (SSSR count). The first kappa shape index (κ1) is 16.8. The van der Waals surface area contributed by atoms with Crippen LogP contribution in [0.1, 0.15) is 30.3 Å². The summed E-state index contributed by atoms with van der Waals surface area (Å²) < 4.78 is 7.67. The number of carbonyl (C=O) groups excluding carboxylic acids is 1. The molecule has 0 radical (unpaired) electrons. The van der Waals surface area contributed by atoms with E-state index in [0.717, 1.165) is 29.9 Å². The Hall–Kier alpha value is -2.60. The molecule has 1 saturated heterocycles. The number of aromatic nitrogens is 3. The number of benzene rings is 1. The Morgan fingerprint density at radius 2 is 2.19 bits per heavy atom. The largest absolute Gasteiger partial charge is 0.483 e. The van der Waals surface area contributed by atoms with Crippen molar-refractivity contribution in [1.82, 2.24) is 19.5 Å². The summed E-state index contributed by atoms with van der Waals surface area (Å²) >= 11 is 5.96. The van der Waals surface area contributed by atoms with E-state index in [9.17, 15) is 4.79 Å². The van der Waals surface area contributed by atoms with Crippen LogP contribution in [0.2, 0.25) is 5.02 Å². The van der Waals surface area contributed by atoms with Crippen LogP contribution in [0.15, 0.2) is 42.6 Å². The van der Waals surface area contributed by atoms with Crippen molar-refractivity contribution in [2.75, 3.05) is 13.2 Å². The Balaban J connectivity index is 1.50. The number of aryl methyl sites for hydroxylation is 1. The molecule has 7 heteroatoms. The Morgan fingerprint density at radius 3 is 3.04 bits per heavy atom. The summed E-state index contributed by atoms with van der Waals surface area (Å²) in [6.45, 7) is 2.61. The van der Waals surface area contributed by atoms with Crippen LogP contribution < -0.4 is 4.74 Å². The summed E-state index contributed by atoms with van der Waals surface area (Å²) in [5.41, 5.74) is 1.70. The molecule has 1 aromatic carbocycles. The Kier molecular flexibility index (Phi) is 4.51. The monoisotopic (exact) mass is 370 g/mol. The van der Waals surface area contributed by atoms with Crippen molar-refractivity contribution in [2.45, 2.75) is 25.8 Å². The van der Waals surface area contributed by atoms with Gasteiger partial charge in [0.05, 0.1) is 6.04 Å². The number of fused-ring (bicyclic) bond motifs is 1. The molecule has 0 bridgehead atoms. The number of nitrogens with zero attached hydrogens (tertiary/aromatic N) is 4. The molecule has 1 atom stereocenters. The van der Waals surface area contributed by atoms with Crippen LogP contribution in [0.3, 0.4) is 0 Å². The second-order valence-corrected chi connectivity index (χ2v) is 6.87. The summed E-state index contributed by atoms with van der Waals surface area (Å²) in [6.07, 6.45) is 3.75. The number of ether oxygens (including phenoxy) is 1. The van der Waals surface area contributed by atoms with Crippen molar-refractivity contribution in [3.63, 3.8) is 0 Å². The maximum atomic E-state index is 12.8. The van der Waals surface area contributed by atoms with Gasteiger partial charge in [-0.1, -0.05) is 17.7 Å². The lowest BCUT2D eigenvalue weighted by molar-refractivity contribution is -0.134. The fourth-order valence-corrected chi connectivity index (χ4v) is 3.64. The highest BCUT2D eigenvalue weighted by Crippen LogP contribution is 2.31. The van der Waals surface area contributed by atoms with E-state index in [-0.39, 0.29) is 18.6 Å². The zero-order valence-corrected chi connectivity index (χ0v) is 15.2. The molecule has 26 heavy (non-hydrogen) atoms. The highest BCUT2D eigenvalue weighted by molar-refractivity contribution is 6.30. The summed E-state index contributed by atoms with van der Waals surface area (Å²) in [5.74, 6) is 1.43. The lowest BCUT2D eigenvalue weighted by Gasteiger charge is -2.23. The average Bonchev–Trinajstić information content (AvgIpc) is 3.27. The lowest BCUT2D eigenvalue weighted by atomic mass is 10.2. The third-order valence-corrected chi connectivity index (χ3v) is 4.93. The number of halogens is 1. The van der Waals surface area contributed by atoms with E-state index >= 15 is 0 Å². The Bertz CT molecular complexity index is 956.